The minimum atomic E-state index is -1.61. The molecule has 7 atom stereocenters. The van der Waals surface area contributed by atoms with Crippen LogP contribution in [-0.4, -0.2) is 136 Å². The van der Waals surface area contributed by atoms with Gasteiger partial charge in [0.1, 0.15) is 30.2 Å². The molecule has 316 valence electrons. The lowest BCUT2D eigenvalue weighted by Crippen LogP contribution is -2.61. The van der Waals surface area contributed by atoms with Crippen molar-refractivity contribution in [2.45, 2.75) is 95.2 Å². The summed E-state index contributed by atoms with van der Waals surface area (Å²) in [6, 6.07) is -8.38. The minimum Gasteiger partial charge on any atom is -0.480 e. The number of nitrogens with two attached hydrogens (primary N) is 2. The lowest BCUT2D eigenvalue weighted by atomic mass is 10.0. The molecular formula is C34H50N14O10. The van der Waals surface area contributed by atoms with Crippen molar-refractivity contribution in [3.63, 3.8) is 0 Å². The highest BCUT2D eigenvalue weighted by atomic mass is 16.4. The standard InChI is InChI=1S/C34H50N14O10/c1-16(2)4-22(30(53)40-12-27(51)44-24(8-26(36)50)32(55)47-25(34(57)58)7-20-11-39-15-43-20)45-31(54)23(6-19-10-38-14-42-19)46-33(56)28(17(3)49)48-29(52)21(35)5-18-9-37-13-41-18/h9-11,13-17,21-25,28,49H,4-8,12,35H2,1-3H3,(H2,36,50)(H,37,41)(H,38,42)(H,39,43)(H,40,53)(H,44,51)(H,45,54)(H,46,56)(H,47,55)(H,48,52)(H,57,58)/t17-,21+,22+,23+,24+,25+,28+/m1/s1. The monoisotopic (exact) mass is 814 g/mol. The fourth-order valence-corrected chi connectivity index (χ4v) is 5.49. The number of amides is 7. The molecule has 3 heterocycles. The van der Waals surface area contributed by atoms with Crippen LogP contribution < -0.4 is 43.4 Å². The Kier molecular flexibility index (Phi) is 17.5. The second-order valence-electron chi connectivity index (χ2n) is 13.8. The molecule has 0 bridgehead atoms. The number of aromatic nitrogens is 6. The van der Waals surface area contributed by atoms with Crippen molar-refractivity contribution >= 4 is 47.3 Å². The Balaban J connectivity index is 1.68. The quantitative estimate of drug-likeness (QED) is 0.0404. The van der Waals surface area contributed by atoms with Crippen LogP contribution in [0.15, 0.2) is 37.6 Å². The van der Waals surface area contributed by atoms with Gasteiger partial charge in [-0.1, -0.05) is 13.8 Å². The van der Waals surface area contributed by atoms with Gasteiger partial charge in [-0.2, -0.15) is 0 Å². The number of hydrogen-bond donors (Lipinski definition) is 13. The molecular weight excluding hydrogens is 764 g/mol. The zero-order valence-electron chi connectivity index (χ0n) is 32.0. The Morgan fingerprint density at radius 2 is 1.16 bits per heavy atom. The predicted octanol–water partition coefficient (Wildman–Crippen LogP) is -4.86. The van der Waals surface area contributed by atoms with Gasteiger partial charge >= 0.3 is 5.97 Å². The third-order valence-corrected chi connectivity index (χ3v) is 8.42. The third-order valence-electron chi connectivity index (χ3n) is 8.42. The van der Waals surface area contributed by atoms with Crippen LogP contribution in [0.4, 0.5) is 0 Å². The second kappa shape index (κ2) is 22.2. The molecule has 15 N–H and O–H groups in total. The number of aliphatic hydroxyl groups is 1. The number of aromatic amines is 3. The van der Waals surface area contributed by atoms with Crippen LogP contribution in [0.2, 0.25) is 0 Å². The number of carbonyl (C=O) groups excluding carboxylic acids is 7. The predicted molar refractivity (Wildman–Crippen MR) is 200 cm³/mol. The second-order valence-corrected chi connectivity index (χ2v) is 13.8. The SMILES string of the molecule is CC(C)C[C@H](NC(=O)[C@H](Cc1cnc[nH]1)NC(=O)[C@@H](NC(=O)[C@@H](N)Cc1cnc[nH]1)[C@@H](C)O)C(=O)NCC(=O)N[C@@H](CC(N)=O)C(=O)N[C@@H](Cc1cnc[nH]1)C(=O)O. The van der Waals surface area contributed by atoms with Gasteiger partial charge in [-0.3, -0.25) is 33.6 Å². The van der Waals surface area contributed by atoms with Gasteiger partial charge in [0.05, 0.1) is 44.1 Å². The first-order valence-electron chi connectivity index (χ1n) is 18.1. The van der Waals surface area contributed by atoms with Crippen molar-refractivity contribution in [2.24, 2.45) is 17.4 Å². The van der Waals surface area contributed by atoms with Gasteiger partial charge in [-0.25, -0.2) is 19.7 Å². The fraction of sp³-hybridized carbons (Fsp3) is 0.500. The van der Waals surface area contributed by atoms with Crippen LogP contribution in [0.5, 0.6) is 0 Å². The number of aliphatic carboxylic acids is 1. The van der Waals surface area contributed by atoms with Gasteiger partial charge in [0.2, 0.25) is 41.4 Å². The minimum absolute atomic E-state index is 0.0512. The van der Waals surface area contributed by atoms with Crippen LogP contribution in [0.25, 0.3) is 0 Å². The van der Waals surface area contributed by atoms with Gasteiger partial charge in [-0.15, -0.1) is 0 Å². The molecule has 0 aliphatic rings. The van der Waals surface area contributed by atoms with E-state index in [1.165, 1.54) is 44.5 Å². The first-order valence-corrected chi connectivity index (χ1v) is 18.1. The summed E-state index contributed by atoms with van der Waals surface area (Å²) in [6.07, 6.45) is 5.92. The molecule has 7 amide bonds. The maximum Gasteiger partial charge on any atom is 0.326 e. The Bertz CT molecular complexity index is 1830. The number of imidazole rings is 3. The molecule has 3 aromatic rings. The number of carbonyl (C=O) groups is 8. The van der Waals surface area contributed by atoms with Crippen molar-refractivity contribution in [2.75, 3.05) is 6.54 Å². The summed E-state index contributed by atoms with van der Waals surface area (Å²) in [5.74, 6) is -7.94. The maximum atomic E-state index is 13.8. The van der Waals surface area contributed by atoms with E-state index in [1.54, 1.807) is 13.8 Å². The molecule has 0 aliphatic carbocycles. The molecule has 3 rings (SSSR count). The van der Waals surface area contributed by atoms with Crippen LogP contribution in [0.3, 0.4) is 0 Å². The van der Waals surface area contributed by atoms with Crippen LogP contribution in [0.1, 0.15) is 50.7 Å². The van der Waals surface area contributed by atoms with E-state index in [0.29, 0.717) is 17.1 Å². The average Bonchev–Trinajstić information content (AvgIpc) is 3.96. The van der Waals surface area contributed by atoms with E-state index in [0.717, 1.165) is 0 Å². The largest absolute Gasteiger partial charge is 0.480 e. The first-order chi connectivity index (χ1) is 27.4. The summed E-state index contributed by atoms with van der Waals surface area (Å²) < 4.78 is 0. The van der Waals surface area contributed by atoms with Crippen LogP contribution in [0, 0.1) is 5.92 Å². The molecule has 0 unspecified atom stereocenters. The van der Waals surface area contributed by atoms with E-state index in [2.05, 4.69) is 61.8 Å². The summed E-state index contributed by atoms with van der Waals surface area (Å²) in [5, 5.41) is 34.4. The third kappa shape index (κ3) is 15.1. The summed E-state index contributed by atoms with van der Waals surface area (Å²) in [5.41, 5.74) is 12.6. The highest BCUT2D eigenvalue weighted by molar-refractivity contribution is 5.97. The molecule has 24 nitrogen and oxygen atoms in total. The molecule has 24 heteroatoms. The molecule has 0 fully saturated rings. The lowest BCUT2D eigenvalue weighted by Gasteiger charge is -2.27. The summed E-state index contributed by atoms with van der Waals surface area (Å²) in [7, 11) is 0. The van der Waals surface area contributed by atoms with Gasteiger partial charge in [0.15, 0.2) is 0 Å². The number of carboxylic acids is 1. The normalized spacial score (nSPS) is 14.7. The van der Waals surface area contributed by atoms with Gasteiger partial charge < -0.3 is 68.5 Å². The highest BCUT2D eigenvalue weighted by Crippen LogP contribution is 2.09. The van der Waals surface area contributed by atoms with Gasteiger partial charge in [0.25, 0.3) is 0 Å². The molecule has 0 radical (unpaired) electrons. The molecule has 0 saturated heterocycles. The van der Waals surface area contributed by atoms with E-state index in [1.807, 2.05) is 0 Å². The Morgan fingerprint density at radius 3 is 1.64 bits per heavy atom. The van der Waals surface area contributed by atoms with E-state index in [9.17, 15) is 48.6 Å². The zero-order valence-corrected chi connectivity index (χ0v) is 32.0. The number of nitrogens with zero attached hydrogens (tertiary/aromatic N) is 3. The Labute approximate surface area is 331 Å². The molecule has 0 aromatic carbocycles. The summed E-state index contributed by atoms with van der Waals surface area (Å²) in [4.78, 5) is 123. The Morgan fingerprint density at radius 1 is 0.655 bits per heavy atom. The number of carboxylic acid groups (broad SMARTS) is 1. The van der Waals surface area contributed by atoms with Crippen LogP contribution in [-0.2, 0) is 57.6 Å². The fourth-order valence-electron chi connectivity index (χ4n) is 5.49. The van der Waals surface area contributed by atoms with Crippen LogP contribution >= 0.6 is 0 Å². The van der Waals surface area contributed by atoms with Gasteiger partial charge in [0, 0.05) is 54.9 Å². The number of H-pyrrole nitrogens is 3. The molecule has 3 aromatic heterocycles. The van der Waals surface area contributed by atoms with Crippen molar-refractivity contribution in [1.29, 1.82) is 0 Å². The zero-order chi connectivity index (χ0) is 42.9. The van der Waals surface area contributed by atoms with Crippen molar-refractivity contribution in [3.05, 3.63) is 54.7 Å². The number of aliphatic hydroxyl groups excluding tert-OH is 1. The first kappa shape index (κ1) is 45.7. The van der Waals surface area contributed by atoms with E-state index < -0.39 is 103 Å². The van der Waals surface area contributed by atoms with Crippen molar-refractivity contribution in [1.82, 2.24) is 61.8 Å². The highest BCUT2D eigenvalue weighted by Gasteiger charge is 2.34. The number of nitrogens with one attached hydrogen (secondary N) is 9. The van der Waals surface area contributed by atoms with E-state index >= 15 is 0 Å². The Hall–Kier alpha value is -6.69. The topological polar surface area (TPSA) is 387 Å². The smallest absolute Gasteiger partial charge is 0.326 e. The van der Waals surface area contributed by atoms with E-state index in [4.69, 9.17) is 11.5 Å². The van der Waals surface area contributed by atoms with Crippen molar-refractivity contribution < 1.29 is 48.6 Å². The van der Waals surface area contributed by atoms with E-state index in [-0.39, 0.29) is 31.6 Å². The maximum absolute atomic E-state index is 13.8. The van der Waals surface area contributed by atoms with Crippen molar-refractivity contribution in [3.8, 4) is 0 Å². The molecule has 0 aliphatic heterocycles. The summed E-state index contributed by atoms with van der Waals surface area (Å²) >= 11 is 0. The average molecular weight is 815 g/mol. The summed E-state index contributed by atoms with van der Waals surface area (Å²) in [6.45, 7) is 4.04. The molecule has 58 heavy (non-hydrogen) atoms. The lowest BCUT2D eigenvalue weighted by molar-refractivity contribution is -0.142. The number of hydrogen-bond acceptors (Lipinski definition) is 13. The van der Waals surface area contributed by atoms with Gasteiger partial charge in [-0.05, 0) is 19.3 Å². The molecule has 0 spiro atoms. The molecule has 0 saturated carbocycles. The number of primary amides is 1. The number of rotatable bonds is 24.